The average Bonchev–Trinajstić information content (AvgIpc) is 2.43. The van der Waals surface area contributed by atoms with Crippen LogP contribution in [0.4, 0.5) is 0 Å². The molecule has 0 aromatic carbocycles. The lowest BCUT2D eigenvalue weighted by atomic mass is 9.79. The van der Waals surface area contributed by atoms with E-state index >= 15 is 0 Å². The van der Waals surface area contributed by atoms with E-state index in [2.05, 4.69) is 34.9 Å². The lowest BCUT2D eigenvalue weighted by Crippen LogP contribution is -2.29. The number of hydrogen-bond donors (Lipinski definition) is 1. The molecule has 1 fully saturated rings. The number of rotatable bonds is 3. The topological polar surface area (TPSA) is 43.8 Å². The van der Waals surface area contributed by atoms with Crippen molar-refractivity contribution in [1.82, 2.24) is 9.78 Å². The van der Waals surface area contributed by atoms with Crippen molar-refractivity contribution in [3.8, 4) is 0 Å². The molecule has 1 atom stereocenters. The Kier molecular flexibility index (Phi) is 3.16. The molecule has 1 aliphatic rings. The number of halogens is 1. The van der Waals surface area contributed by atoms with E-state index in [0.29, 0.717) is 12.0 Å². The first kappa shape index (κ1) is 11.1. The van der Waals surface area contributed by atoms with E-state index in [9.17, 15) is 0 Å². The predicted molar refractivity (Wildman–Crippen MR) is 64.6 cm³/mol. The molecule has 4 heteroatoms. The van der Waals surface area contributed by atoms with Crippen molar-refractivity contribution in [2.45, 2.75) is 45.2 Å². The monoisotopic (exact) mass is 271 g/mol. The fourth-order valence-electron chi connectivity index (χ4n) is 2.10. The van der Waals surface area contributed by atoms with E-state index in [1.165, 1.54) is 19.3 Å². The van der Waals surface area contributed by atoms with Gasteiger partial charge in [-0.3, -0.25) is 4.68 Å². The largest absolute Gasteiger partial charge is 0.322 e. The van der Waals surface area contributed by atoms with Crippen molar-refractivity contribution in [2.75, 3.05) is 0 Å². The van der Waals surface area contributed by atoms with Gasteiger partial charge in [0.2, 0.25) is 0 Å². The zero-order chi connectivity index (χ0) is 11.0. The van der Waals surface area contributed by atoms with Gasteiger partial charge in [-0.15, -0.1) is 0 Å². The Morgan fingerprint density at radius 2 is 2.20 bits per heavy atom. The first-order chi connectivity index (χ1) is 7.11. The minimum atomic E-state index is 0.137. The highest BCUT2D eigenvalue weighted by atomic mass is 79.9. The first-order valence-electron chi connectivity index (χ1n) is 5.59. The number of nitrogens with two attached hydrogens (primary N) is 1. The number of nitrogens with zero attached hydrogens (tertiary/aromatic N) is 2. The fourth-order valence-corrected chi connectivity index (χ4v) is 2.63. The van der Waals surface area contributed by atoms with Gasteiger partial charge in [0.15, 0.2) is 0 Å². The Bertz CT molecular complexity index is 342. The molecule has 0 bridgehead atoms. The molecule has 1 saturated carbocycles. The van der Waals surface area contributed by atoms with Crippen LogP contribution in [0.15, 0.2) is 10.7 Å². The van der Waals surface area contributed by atoms with Crippen LogP contribution in [-0.4, -0.2) is 9.78 Å². The Balaban J connectivity index is 2.28. The molecule has 3 nitrogen and oxygen atoms in total. The Labute approximate surface area is 99.2 Å². The SMILES string of the molecule is CC(C)n1ncc(Br)c1C(N)C1CCC1. The van der Waals surface area contributed by atoms with Gasteiger partial charge in [0.1, 0.15) is 0 Å². The van der Waals surface area contributed by atoms with Gasteiger partial charge in [0, 0.05) is 6.04 Å². The minimum Gasteiger partial charge on any atom is -0.322 e. The molecule has 0 amide bonds. The highest BCUT2D eigenvalue weighted by Crippen LogP contribution is 2.38. The van der Waals surface area contributed by atoms with E-state index < -0.39 is 0 Å². The third kappa shape index (κ3) is 1.97. The standard InChI is InChI=1S/C11H18BrN3/c1-7(2)15-11(9(12)6-14-15)10(13)8-4-3-5-8/h6-8,10H,3-5,13H2,1-2H3. The van der Waals surface area contributed by atoms with Gasteiger partial charge < -0.3 is 5.73 Å². The lowest BCUT2D eigenvalue weighted by Gasteiger charge is -2.32. The third-order valence-corrected chi connectivity index (χ3v) is 3.86. The van der Waals surface area contributed by atoms with Crippen molar-refractivity contribution in [1.29, 1.82) is 0 Å². The summed E-state index contributed by atoms with van der Waals surface area (Å²) in [7, 11) is 0. The van der Waals surface area contributed by atoms with E-state index in [1.54, 1.807) is 0 Å². The molecule has 1 aromatic heterocycles. The molecule has 0 saturated heterocycles. The van der Waals surface area contributed by atoms with Crippen LogP contribution >= 0.6 is 15.9 Å². The maximum Gasteiger partial charge on any atom is 0.0699 e. The van der Waals surface area contributed by atoms with Crippen LogP contribution in [0.25, 0.3) is 0 Å². The van der Waals surface area contributed by atoms with Gasteiger partial charge in [-0.05, 0) is 48.5 Å². The molecule has 84 valence electrons. The summed E-state index contributed by atoms with van der Waals surface area (Å²) in [5.41, 5.74) is 7.46. The van der Waals surface area contributed by atoms with E-state index in [-0.39, 0.29) is 6.04 Å². The zero-order valence-electron chi connectivity index (χ0n) is 9.28. The van der Waals surface area contributed by atoms with Crippen LogP contribution in [0.1, 0.15) is 50.9 Å². The second-order valence-corrected chi connectivity index (χ2v) is 5.49. The summed E-state index contributed by atoms with van der Waals surface area (Å²) in [5.74, 6) is 0.649. The average molecular weight is 272 g/mol. The van der Waals surface area contributed by atoms with E-state index in [1.807, 2.05) is 10.9 Å². The molecule has 1 heterocycles. The summed E-state index contributed by atoms with van der Waals surface area (Å²) in [6.07, 6.45) is 5.70. The molecular formula is C11H18BrN3. The van der Waals surface area contributed by atoms with Gasteiger partial charge in [-0.1, -0.05) is 6.42 Å². The van der Waals surface area contributed by atoms with Crippen LogP contribution in [0, 0.1) is 5.92 Å². The molecule has 1 unspecified atom stereocenters. The minimum absolute atomic E-state index is 0.137. The van der Waals surface area contributed by atoms with Crippen molar-refractivity contribution in [3.05, 3.63) is 16.4 Å². The summed E-state index contributed by atoms with van der Waals surface area (Å²) in [5, 5.41) is 4.37. The van der Waals surface area contributed by atoms with E-state index in [4.69, 9.17) is 5.73 Å². The van der Waals surface area contributed by atoms with Crippen molar-refractivity contribution in [3.63, 3.8) is 0 Å². The van der Waals surface area contributed by atoms with Crippen molar-refractivity contribution in [2.24, 2.45) is 11.7 Å². The first-order valence-corrected chi connectivity index (χ1v) is 6.39. The van der Waals surface area contributed by atoms with Gasteiger partial charge in [0.25, 0.3) is 0 Å². The van der Waals surface area contributed by atoms with Gasteiger partial charge in [-0.2, -0.15) is 5.10 Å². The molecule has 15 heavy (non-hydrogen) atoms. The lowest BCUT2D eigenvalue weighted by molar-refractivity contribution is 0.252. The van der Waals surface area contributed by atoms with Gasteiger partial charge in [-0.25, -0.2) is 0 Å². The predicted octanol–water partition coefficient (Wildman–Crippen LogP) is 3.03. The smallest absolute Gasteiger partial charge is 0.0699 e. The molecule has 2 N–H and O–H groups in total. The highest BCUT2D eigenvalue weighted by molar-refractivity contribution is 9.10. The molecule has 1 aliphatic carbocycles. The second-order valence-electron chi connectivity index (χ2n) is 4.63. The summed E-state index contributed by atoms with van der Waals surface area (Å²) >= 11 is 3.54. The fraction of sp³-hybridized carbons (Fsp3) is 0.727. The number of hydrogen-bond acceptors (Lipinski definition) is 2. The third-order valence-electron chi connectivity index (χ3n) is 3.25. The van der Waals surface area contributed by atoms with Gasteiger partial charge >= 0.3 is 0 Å². The van der Waals surface area contributed by atoms with Crippen LogP contribution < -0.4 is 5.73 Å². The molecule has 0 spiro atoms. The zero-order valence-corrected chi connectivity index (χ0v) is 10.9. The molecule has 0 radical (unpaired) electrons. The Hall–Kier alpha value is -0.350. The van der Waals surface area contributed by atoms with Crippen molar-refractivity contribution >= 4 is 15.9 Å². The quantitative estimate of drug-likeness (QED) is 0.919. The van der Waals surface area contributed by atoms with Crippen LogP contribution in [0.3, 0.4) is 0 Å². The molecular weight excluding hydrogens is 254 g/mol. The van der Waals surface area contributed by atoms with E-state index in [0.717, 1.165) is 10.2 Å². The van der Waals surface area contributed by atoms with Crippen LogP contribution in [0.5, 0.6) is 0 Å². The second kappa shape index (κ2) is 4.26. The van der Waals surface area contributed by atoms with Gasteiger partial charge in [0.05, 0.1) is 22.4 Å². The molecule has 1 aromatic rings. The van der Waals surface area contributed by atoms with Crippen LogP contribution in [-0.2, 0) is 0 Å². The summed E-state index contributed by atoms with van der Waals surface area (Å²) in [6.45, 7) is 4.27. The summed E-state index contributed by atoms with van der Waals surface area (Å²) in [4.78, 5) is 0. The molecule has 0 aliphatic heterocycles. The van der Waals surface area contributed by atoms with Crippen molar-refractivity contribution < 1.29 is 0 Å². The maximum atomic E-state index is 6.29. The van der Waals surface area contributed by atoms with Crippen LogP contribution in [0.2, 0.25) is 0 Å². The normalized spacial score (nSPS) is 19.3. The summed E-state index contributed by atoms with van der Waals surface area (Å²) < 4.78 is 3.09. The summed E-state index contributed by atoms with van der Waals surface area (Å²) in [6, 6.07) is 0.510. The number of aromatic nitrogens is 2. The Morgan fingerprint density at radius 3 is 2.67 bits per heavy atom. The maximum absolute atomic E-state index is 6.29. The Morgan fingerprint density at radius 1 is 1.53 bits per heavy atom. The highest BCUT2D eigenvalue weighted by Gasteiger charge is 2.29. The molecule has 2 rings (SSSR count).